The summed E-state index contributed by atoms with van der Waals surface area (Å²) in [5, 5.41) is 4.08. The van der Waals surface area contributed by atoms with Crippen LogP contribution in [0, 0.1) is 11.6 Å². The average Bonchev–Trinajstić information content (AvgIpc) is 3.01. The van der Waals surface area contributed by atoms with Crippen molar-refractivity contribution >= 4 is 32.5 Å². The van der Waals surface area contributed by atoms with Crippen LogP contribution in [-0.4, -0.2) is 43.5 Å². The fourth-order valence-corrected chi connectivity index (χ4v) is 5.17. The number of fused-ring (bicyclic) bond motifs is 1. The van der Waals surface area contributed by atoms with Gasteiger partial charge >= 0.3 is 0 Å². The first-order valence-electron chi connectivity index (χ1n) is 8.79. The molecular formula is C19H18ClF2N3O2S. The maximum absolute atomic E-state index is 14.1. The van der Waals surface area contributed by atoms with E-state index in [0.717, 1.165) is 54.4 Å². The molecule has 0 bridgehead atoms. The molecule has 4 rings (SSSR count). The second kappa shape index (κ2) is 7.44. The molecule has 1 aromatic heterocycles. The summed E-state index contributed by atoms with van der Waals surface area (Å²) in [6, 6.07) is 7.65. The highest BCUT2D eigenvalue weighted by molar-refractivity contribution is 7.90. The van der Waals surface area contributed by atoms with E-state index in [2.05, 4.69) is 10.2 Å². The van der Waals surface area contributed by atoms with Gasteiger partial charge in [-0.3, -0.25) is 4.90 Å². The standard InChI is InChI=1S/C19H18ClF2N3O2S/c20-16-12-25(28(26,27)19-10-14(21)2-3-17(19)22)18-4-1-13(9-15(16)18)11-24-7-5-23-6-8-24/h1-4,9-10,12,23H,5-8,11H2. The molecular weight excluding hydrogens is 408 g/mol. The first kappa shape index (κ1) is 19.3. The number of nitrogens with zero attached hydrogens (tertiary/aromatic N) is 2. The van der Waals surface area contributed by atoms with E-state index in [-0.39, 0.29) is 5.02 Å². The minimum Gasteiger partial charge on any atom is -0.314 e. The summed E-state index contributed by atoms with van der Waals surface area (Å²) >= 11 is 6.28. The molecule has 0 unspecified atom stereocenters. The molecule has 0 amide bonds. The quantitative estimate of drug-likeness (QED) is 0.697. The lowest BCUT2D eigenvalue weighted by Crippen LogP contribution is -2.42. The Morgan fingerprint density at radius 2 is 1.82 bits per heavy atom. The van der Waals surface area contributed by atoms with Gasteiger partial charge in [0.2, 0.25) is 0 Å². The predicted molar refractivity (Wildman–Crippen MR) is 104 cm³/mol. The summed E-state index contributed by atoms with van der Waals surface area (Å²) in [6.07, 6.45) is 1.22. The molecule has 0 spiro atoms. The topological polar surface area (TPSA) is 54.3 Å². The number of halogens is 3. The highest BCUT2D eigenvalue weighted by Gasteiger charge is 2.25. The van der Waals surface area contributed by atoms with Crippen molar-refractivity contribution in [1.82, 2.24) is 14.2 Å². The number of benzene rings is 2. The second-order valence-electron chi connectivity index (χ2n) is 6.73. The van der Waals surface area contributed by atoms with E-state index in [1.807, 2.05) is 12.1 Å². The summed E-state index contributed by atoms with van der Waals surface area (Å²) in [4.78, 5) is 1.56. The Morgan fingerprint density at radius 3 is 2.57 bits per heavy atom. The van der Waals surface area contributed by atoms with Crippen molar-refractivity contribution in [3.8, 4) is 0 Å². The molecule has 1 N–H and O–H groups in total. The SMILES string of the molecule is O=S(=O)(c1cc(F)ccc1F)n1cc(Cl)c2cc(CN3CCNCC3)ccc21. The van der Waals surface area contributed by atoms with E-state index in [4.69, 9.17) is 11.6 Å². The minimum atomic E-state index is -4.34. The molecule has 1 saturated heterocycles. The molecule has 148 valence electrons. The maximum Gasteiger partial charge on any atom is 0.271 e. The second-order valence-corrected chi connectivity index (χ2v) is 8.92. The zero-order chi connectivity index (χ0) is 19.9. The van der Waals surface area contributed by atoms with Gasteiger partial charge in [0.25, 0.3) is 10.0 Å². The maximum atomic E-state index is 14.1. The molecule has 0 saturated carbocycles. The van der Waals surface area contributed by atoms with Gasteiger partial charge in [-0.1, -0.05) is 17.7 Å². The Labute approximate surface area is 166 Å². The van der Waals surface area contributed by atoms with Crippen LogP contribution in [0.15, 0.2) is 47.5 Å². The normalized spacial score (nSPS) is 16.0. The van der Waals surface area contributed by atoms with Crippen LogP contribution in [0.3, 0.4) is 0 Å². The van der Waals surface area contributed by atoms with Crippen LogP contribution in [0.5, 0.6) is 0 Å². The van der Waals surface area contributed by atoms with Crippen LogP contribution >= 0.6 is 11.6 Å². The van der Waals surface area contributed by atoms with Crippen molar-refractivity contribution in [3.05, 3.63) is 64.8 Å². The van der Waals surface area contributed by atoms with E-state index >= 15 is 0 Å². The first-order valence-corrected chi connectivity index (χ1v) is 10.6. The lowest BCUT2D eigenvalue weighted by atomic mass is 10.1. The number of nitrogens with one attached hydrogen (secondary N) is 1. The van der Waals surface area contributed by atoms with Crippen molar-refractivity contribution in [2.75, 3.05) is 26.2 Å². The third-order valence-corrected chi connectivity index (χ3v) is 6.82. The van der Waals surface area contributed by atoms with Crippen LogP contribution in [0.25, 0.3) is 10.9 Å². The van der Waals surface area contributed by atoms with Gasteiger partial charge in [0.05, 0.1) is 10.5 Å². The zero-order valence-electron chi connectivity index (χ0n) is 14.8. The van der Waals surface area contributed by atoms with Crippen LogP contribution < -0.4 is 5.32 Å². The van der Waals surface area contributed by atoms with Crippen molar-refractivity contribution in [3.63, 3.8) is 0 Å². The zero-order valence-corrected chi connectivity index (χ0v) is 16.4. The van der Waals surface area contributed by atoms with Gasteiger partial charge < -0.3 is 5.32 Å². The van der Waals surface area contributed by atoms with Gasteiger partial charge in [-0.2, -0.15) is 0 Å². The molecule has 0 aliphatic carbocycles. The molecule has 2 heterocycles. The smallest absolute Gasteiger partial charge is 0.271 e. The van der Waals surface area contributed by atoms with E-state index in [1.165, 1.54) is 6.20 Å². The lowest BCUT2D eigenvalue weighted by molar-refractivity contribution is 0.233. The van der Waals surface area contributed by atoms with Gasteiger partial charge in [-0.25, -0.2) is 21.2 Å². The van der Waals surface area contributed by atoms with Gasteiger partial charge in [0.15, 0.2) is 0 Å². The highest BCUT2D eigenvalue weighted by Crippen LogP contribution is 2.31. The van der Waals surface area contributed by atoms with Gasteiger partial charge in [0, 0.05) is 44.3 Å². The Hall–Kier alpha value is -2.00. The number of rotatable bonds is 4. The molecule has 2 aromatic carbocycles. The van der Waals surface area contributed by atoms with Gasteiger partial charge in [0.1, 0.15) is 16.5 Å². The molecule has 28 heavy (non-hydrogen) atoms. The van der Waals surface area contributed by atoms with Crippen molar-refractivity contribution in [2.45, 2.75) is 11.4 Å². The number of piperazine rings is 1. The molecule has 0 radical (unpaired) electrons. The number of aromatic nitrogens is 1. The molecule has 1 aliphatic rings. The van der Waals surface area contributed by atoms with Crippen LogP contribution in [0.1, 0.15) is 5.56 Å². The van der Waals surface area contributed by atoms with Gasteiger partial charge in [-0.05, 0) is 35.9 Å². The van der Waals surface area contributed by atoms with E-state index in [9.17, 15) is 17.2 Å². The molecule has 1 fully saturated rings. The van der Waals surface area contributed by atoms with Gasteiger partial charge in [-0.15, -0.1) is 0 Å². The summed E-state index contributed by atoms with van der Waals surface area (Å²) < 4.78 is 54.3. The summed E-state index contributed by atoms with van der Waals surface area (Å²) in [6.45, 7) is 4.44. The molecule has 5 nitrogen and oxygen atoms in total. The largest absolute Gasteiger partial charge is 0.314 e. The van der Waals surface area contributed by atoms with Crippen LogP contribution in [0.4, 0.5) is 8.78 Å². The average molecular weight is 426 g/mol. The summed E-state index contributed by atoms with van der Waals surface area (Å²) in [5.41, 5.74) is 1.32. The fraction of sp³-hybridized carbons (Fsp3) is 0.263. The Morgan fingerprint density at radius 1 is 1.07 bits per heavy atom. The van der Waals surface area contributed by atoms with Crippen molar-refractivity contribution < 1.29 is 17.2 Å². The van der Waals surface area contributed by atoms with E-state index < -0.39 is 26.6 Å². The summed E-state index contributed by atoms with van der Waals surface area (Å²) in [5.74, 6) is -1.85. The lowest BCUT2D eigenvalue weighted by Gasteiger charge is -2.27. The first-order chi connectivity index (χ1) is 13.4. The number of hydrogen-bond acceptors (Lipinski definition) is 4. The fourth-order valence-electron chi connectivity index (χ4n) is 3.41. The molecule has 1 aliphatic heterocycles. The Bertz CT molecular complexity index is 1140. The Kier molecular flexibility index (Phi) is 5.13. The van der Waals surface area contributed by atoms with Crippen molar-refractivity contribution in [2.24, 2.45) is 0 Å². The molecule has 9 heteroatoms. The molecule has 3 aromatic rings. The number of hydrogen-bond donors (Lipinski definition) is 1. The van der Waals surface area contributed by atoms with Crippen LogP contribution in [-0.2, 0) is 16.6 Å². The Balaban J connectivity index is 1.75. The minimum absolute atomic E-state index is 0.234. The van der Waals surface area contributed by atoms with E-state index in [0.29, 0.717) is 17.0 Å². The predicted octanol–water partition coefficient (Wildman–Crippen LogP) is 3.22. The van der Waals surface area contributed by atoms with E-state index in [1.54, 1.807) is 6.07 Å². The highest BCUT2D eigenvalue weighted by atomic mass is 35.5. The monoisotopic (exact) mass is 425 g/mol. The summed E-state index contributed by atoms with van der Waals surface area (Å²) in [7, 11) is -4.34. The molecule has 0 atom stereocenters. The van der Waals surface area contributed by atoms with Crippen LogP contribution in [0.2, 0.25) is 5.02 Å². The third kappa shape index (κ3) is 3.53. The third-order valence-electron chi connectivity index (χ3n) is 4.83. The van der Waals surface area contributed by atoms with Crippen molar-refractivity contribution in [1.29, 1.82) is 0 Å².